The van der Waals surface area contributed by atoms with Crippen molar-refractivity contribution in [1.29, 1.82) is 0 Å². The van der Waals surface area contributed by atoms with E-state index < -0.39 is 6.10 Å². The van der Waals surface area contributed by atoms with Crippen LogP contribution < -0.4 is 5.32 Å². The van der Waals surface area contributed by atoms with Crippen LogP contribution in [0.4, 0.5) is 0 Å². The molecule has 1 fully saturated rings. The van der Waals surface area contributed by atoms with Gasteiger partial charge >= 0.3 is 0 Å². The molecule has 1 aliphatic rings. The maximum Gasteiger partial charge on any atom is 0.253 e. The molecule has 1 amide bonds. The molecule has 7 heteroatoms. The van der Waals surface area contributed by atoms with Crippen molar-refractivity contribution in [2.75, 3.05) is 13.1 Å². The first-order valence-electron chi connectivity index (χ1n) is 9.30. The Bertz CT molecular complexity index is 914. The number of carbonyl (C=O) groups is 1. The monoisotopic (exact) mass is 378 g/mol. The number of amides is 1. The van der Waals surface area contributed by atoms with Crippen LogP contribution in [0.15, 0.2) is 65.5 Å². The second-order valence-corrected chi connectivity index (χ2v) is 6.92. The summed E-state index contributed by atoms with van der Waals surface area (Å²) in [6.45, 7) is 1.81. The lowest BCUT2D eigenvalue weighted by Gasteiger charge is -2.35. The predicted molar refractivity (Wildman–Crippen MR) is 103 cm³/mol. The molecule has 0 saturated carbocycles. The Morgan fingerprint density at radius 1 is 1.25 bits per heavy atom. The summed E-state index contributed by atoms with van der Waals surface area (Å²) in [7, 11) is 0. The summed E-state index contributed by atoms with van der Waals surface area (Å²) < 4.78 is 5.58. The van der Waals surface area contributed by atoms with Gasteiger partial charge in [0.1, 0.15) is 6.26 Å². The van der Waals surface area contributed by atoms with Crippen LogP contribution >= 0.6 is 0 Å². The zero-order valence-corrected chi connectivity index (χ0v) is 15.4. The van der Waals surface area contributed by atoms with E-state index in [2.05, 4.69) is 20.2 Å². The minimum atomic E-state index is -0.644. The zero-order chi connectivity index (χ0) is 19.3. The minimum absolute atomic E-state index is 0.213. The van der Waals surface area contributed by atoms with Crippen molar-refractivity contribution in [3.8, 4) is 11.5 Å². The normalized spacial score (nSPS) is 20.0. The maximum atomic E-state index is 12.3. The second-order valence-electron chi connectivity index (χ2n) is 6.92. The molecule has 1 saturated heterocycles. The SMILES string of the molecule is O=C(N[C@H]1CCN(Cc2coc(-c3ccccc3)n2)C[C@@H]1O)c1cccnc1. The number of benzene rings is 1. The summed E-state index contributed by atoms with van der Waals surface area (Å²) in [6, 6.07) is 12.9. The Morgan fingerprint density at radius 2 is 2.11 bits per heavy atom. The quantitative estimate of drug-likeness (QED) is 0.707. The average molecular weight is 378 g/mol. The Kier molecular flexibility index (Phi) is 5.45. The minimum Gasteiger partial charge on any atom is -0.444 e. The van der Waals surface area contributed by atoms with Crippen molar-refractivity contribution in [1.82, 2.24) is 20.2 Å². The van der Waals surface area contributed by atoms with Gasteiger partial charge in [0.05, 0.1) is 23.4 Å². The third kappa shape index (κ3) is 4.27. The smallest absolute Gasteiger partial charge is 0.253 e. The molecule has 0 radical (unpaired) electrons. The van der Waals surface area contributed by atoms with Crippen LogP contribution in [-0.2, 0) is 6.54 Å². The molecule has 4 rings (SSSR count). The van der Waals surface area contributed by atoms with E-state index in [4.69, 9.17) is 4.42 Å². The Hall–Kier alpha value is -3.03. The van der Waals surface area contributed by atoms with Crippen LogP contribution in [0.25, 0.3) is 11.5 Å². The first-order valence-corrected chi connectivity index (χ1v) is 9.30. The van der Waals surface area contributed by atoms with E-state index in [1.165, 1.54) is 6.20 Å². The number of nitrogens with zero attached hydrogens (tertiary/aromatic N) is 3. The maximum absolute atomic E-state index is 12.3. The van der Waals surface area contributed by atoms with E-state index in [-0.39, 0.29) is 11.9 Å². The molecule has 2 atom stereocenters. The Balaban J connectivity index is 1.32. The fourth-order valence-electron chi connectivity index (χ4n) is 3.38. The molecule has 3 aromatic rings. The average Bonchev–Trinajstić information content (AvgIpc) is 3.20. The number of hydrogen-bond acceptors (Lipinski definition) is 6. The van der Waals surface area contributed by atoms with Gasteiger partial charge in [-0.05, 0) is 30.7 Å². The van der Waals surface area contributed by atoms with Crippen molar-refractivity contribution < 1.29 is 14.3 Å². The fraction of sp³-hybridized carbons (Fsp3) is 0.286. The lowest BCUT2D eigenvalue weighted by Crippen LogP contribution is -2.53. The van der Waals surface area contributed by atoms with Gasteiger partial charge in [-0.1, -0.05) is 18.2 Å². The highest BCUT2D eigenvalue weighted by molar-refractivity contribution is 5.94. The highest BCUT2D eigenvalue weighted by Crippen LogP contribution is 2.20. The van der Waals surface area contributed by atoms with Crippen molar-refractivity contribution in [3.05, 3.63) is 72.4 Å². The van der Waals surface area contributed by atoms with Gasteiger partial charge in [-0.3, -0.25) is 14.7 Å². The third-order valence-electron chi connectivity index (χ3n) is 4.86. The molecular formula is C21H22N4O3. The van der Waals surface area contributed by atoms with E-state index in [1.54, 1.807) is 24.6 Å². The van der Waals surface area contributed by atoms with Gasteiger partial charge in [-0.2, -0.15) is 0 Å². The molecule has 2 N–H and O–H groups in total. The van der Waals surface area contributed by atoms with Crippen LogP contribution in [0.5, 0.6) is 0 Å². The second kappa shape index (κ2) is 8.33. The van der Waals surface area contributed by atoms with Gasteiger partial charge in [-0.25, -0.2) is 4.98 Å². The number of rotatable bonds is 5. The number of aliphatic hydroxyl groups is 1. The molecular weight excluding hydrogens is 356 g/mol. The predicted octanol–water partition coefficient (Wildman–Crippen LogP) is 2.10. The van der Waals surface area contributed by atoms with Gasteiger partial charge < -0.3 is 14.8 Å². The molecule has 2 aromatic heterocycles. The number of hydrogen-bond donors (Lipinski definition) is 2. The summed E-state index contributed by atoms with van der Waals surface area (Å²) in [5.74, 6) is 0.379. The molecule has 7 nitrogen and oxygen atoms in total. The fourth-order valence-corrected chi connectivity index (χ4v) is 3.38. The number of carbonyl (C=O) groups excluding carboxylic acids is 1. The first-order chi connectivity index (χ1) is 13.7. The summed E-state index contributed by atoms with van der Waals surface area (Å²) >= 11 is 0. The Labute approximate surface area is 163 Å². The lowest BCUT2D eigenvalue weighted by molar-refractivity contribution is 0.0345. The number of aliphatic hydroxyl groups excluding tert-OH is 1. The molecule has 3 heterocycles. The number of β-amino-alcohol motifs (C(OH)–C–C–N with tert-alkyl or cyclic N) is 1. The van der Waals surface area contributed by atoms with Gasteiger partial charge in [0, 0.05) is 37.6 Å². The summed E-state index contributed by atoms with van der Waals surface area (Å²) in [5, 5.41) is 13.4. The summed E-state index contributed by atoms with van der Waals surface area (Å²) in [6.07, 6.45) is 4.82. The summed E-state index contributed by atoms with van der Waals surface area (Å²) in [5.41, 5.74) is 2.25. The van der Waals surface area contributed by atoms with E-state index in [0.717, 1.165) is 17.8 Å². The topological polar surface area (TPSA) is 91.5 Å². The highest BCUT2D eigenvalue weighted by Gasteiger charge is 2.29. The van der Waals surface area contributed by atoms with Crippen molar-refractivity contribution in [2.24, 2.45) is 0 Å². The van der Waals surface area contributed by atoms with Gasteiger partial charge in [-0.15, -0.1) is 0 Å². The lowest BCUT2D eigenvalue weighted by atomic mass is 10.0. The van der Waals surface area contributed by atoms with Crippen LogP contribution in [0, 0.1) is 0 Å². The van der Waals surface area contributed by atoms with Crippen LogP contribution in [0.2, 0.25) is 0 Å². The standard InChI is InChI=1S/C21H22N4O3/c26-19-13-25(10-8-18(19)24-20(27)16-7-4-9-22-11-16)12-17-14-28-21(23-17)15-5-2-1-3-6-15/h1-7,9,11,14,18-19,26H,8,10,12-13H2,(H,24,27)/t18-,19-/m0/s1. The molecule has 0 bridgehead atoms. The van der Waals surface area contributed by atoms with Crippen LogP contribution in [0.3, 0.4) is 0 Å². The first kappa shape index (κ1) is 18.3. The van der Waals surface area contributed by atoms with Crippen molar-refractivity contribution in [3.63, 3.8) is 0 Å². The third-order valence-corrected chi connectivity index (χ3v) is 4.86. The molecule has 1 aromatic carbocycles. The van der Waals surface area contributed by atoms with Crippen molar-refractivity contribution in [2.45, 2.75) is 25.1 Å². The molecule has 0 aliphatic carbocycles. The van der Waals surface area contributed by atoms with Gasteiger partial charge in [0.2, 0.25) is 5.89 Å². The van der Waals surface area contributed by atoms with Gasteiger partial charge in [0.15, 0.2) is 0 Å². The van der Waals surface area contributed by atoms with Gasteiger partial charge in [0.25, 0.3) is 5.91 Å². The number of piperidine rings is 1. The van der Waals surface area contributed by atoms with Crippen molar-refractivity contribution >= 4 is 5.91 Å². The van der Waals surface area contributed by atoms with E-state index in [1.807, 2.05) is 30.3 Å². The zero-order valence-electron chi connectivity index (χ0n) is 15.4. The number of nitrogens with one attached hydrogen (secondary N) is 1. The molecule has 28 heavy (non-hydrogen) atoms. The molecule has 0 spiro atoms. The largest absolute Gasteiger partial charge is 0.444 e. The molecule has 144 valence electrons. The number of aromatic nitrogens is 2. The summed E-state index contributed by atoms with van der Waals surface area (Å²) in [4.78, 5) is 22.9. The van der Waals surface area contributed by atoms with E-state index >= 15 is 0 Å². The highest BCUT2D eigenvalue weighted by atomic mass is 16.3. The number of oxazole rings is 1. The molecule has 1 aliphatic heterocycles. The van der Waals surface area contributed by atoms with E-state index in [9.17, 15) is 9.90 Å². The van der Waals surface area contributed by atoms with E-state index in [0.29, 0.717) is 31.0 Å². The number of likely N-dealkylation sites (tertiary alicyclic amines) is 1. The van der Waals surface area contributed by atoms with Crippen LogP contribution in [0.1, 0.15) is 22.5 Å². The number of pyridine rings is 1. The molecule has 0 unspecified atom stereocenters. The Morgan fingerprint density at radius 3 is 2.86 bits per heavy atom. The van der Waals surface area contributed by atoms with Crippen LogP contribution in [-0.4, -0.2) is 51.1 Å².